The molecule has 0 aliphatic rings. The van der Waals surface area contributed by atoms with E-state index in [1.165, 1.54) is 11.3 Å². The van der Waals surface area contributed by atoms with Crippen LogP contribution in [0.5, 0.6) is 0 Å². The van der Waals surface area contributed by atoms with Crippen molar-refractivity contribution in [1.29, 1.82) is 0 Å². The maximum absolute atomic E-state index is 12.8. The Kier molecular flexibility index (Phi) is 9.94. The van der Waals surface area contributed by atoms with Crippen LogP contribution in [0, 0.1) is 0 Å². The third-order valence-corrected chi connectivity index (χ3v) is 5.80. The Bertz CT molecular complexity index is 797. The normalized spacial score (nSPS) is 10.9. The highest BCUT2D eigenvalue weighted by Crippen LogP contribution is 2.23. The van der Waals surface area contributed by atoms with Gasteiger partial charge in [-0.05, 0) is 62.6 Å². The van der Waals surface area contributed by atoms with Gasteiger partial charge in [0.05, 0.1) is 10.0 Å². The molecule has 0 aliphatic heterocycles. The second-order valence-electron chi connectivity index (χ2n) is 7.09. The molecule has 1 aromatic heterocycles. The average molecular weight is 456 g/mol. The van der Waals surface area contributed by atoms with Crippen molar-refractivity contribution in [2.24, 2.45) is 0 Å². The first kappa shape index (κ1) is 23.7. The summed E-state index contributed by atoms with van der Waals surface area (Å²) in [6.45, 7) is 2.53. The highest BCUT2D eigenvalue weighted by molar-refractivity contribution is 7.08. The number of nitrogens with zero attached hydrogens (tertiary/aromatic N) is 2. The summed E-state index contributed by atoms with van der Waals surface area (Å²) in [5.41, 5.74) is 1.61. The van der Waals surface area contributed by atoms with E-state index in [4.69, 9.17) is 23.2 Å². The number of hydrogen-bond acceptors (Lipinski definition) is 4. The Morgan fingerprint density at radius 3 is 2.52 bits per heavy atom. The molecule has 8 heteroatoms. The molecule has 0 spiro atoms. The van der Waals surface area contributed by atoms with Crippen molar-refractivity contribution in [2.75, 3.05) is 33.7 Å². The maximum Gasteiger partial charge on any atom is 0.252 e. The van der Waals surface area contributed by atoms with Gasteiger partial charge in [0.25, 0.3) is 5.91 Å². The van der Waals surface area contributed by atoms with E-state index in [0.29, 0.717) is 48.1 Å². The highest BCUT2D eigenvalue weighted by Gasteiger charge is 2.15. The van der Waals surface area contributed by atoms with E-state index in [0.717, 1.165) is 18.5 Å². The van der Waals surface area contributed by atoms with Gasteiger partial charge in [-0.25, -0.2) is 0 Å². The Labute approximate surface area is 186 Å². The molecule has 29 heavy (non-hydrogen) atoms. The lowest BCUT2D eigenvalue weighted by molar-refractivity contribution is -0.132. The first-order chi connectivity index (χ1) is 13.9. The summed E-state index contributed by atoms with van der Waals surface area (Å²) in [5.74, 6) is -0.0306. The molecule has 1 aromatic carbocycles. The average Bonchev–Trinajstić information content (AvgIpc) is 3.21. The molecular formula is C21H27Cl2N3O2S. The number of carbonyl (C=O) groups excluding carboxylic acids is 2. The number of benzene rings is 1. The van der Waals surface area contributed by atoms with Crippen LogP contribution in [-0.4, -0.2) is 55.3 Å². The fourth-order valence-electron chi connectivity index (χ4n) is 2.82. The van der Waals surface area contributed by atoms with Crippen LogP contribution in [0.25, 0.3) is 0 Å². The minimum Gasteiger partial charge on any atom is -0.352 e. The second kappa shape index (κ2) is 12.2. The zero-order valence-corrected chi connectivity index (χ0v) is 19.1. The number of thiophene rings is 1. The predicted octanol–water partition coefficient (Wildman–Crippen LogP) is 4.55. The van der Waals surface area contributed by atoms with Gasteiger partial charge in [-0.1, -0.05) is 29.3 Å². The summed E-state index contributed by atoms with van der Waals surface area (Å²) in [7, 11) is 4.03. The molecule has 0 saturated heterocycles. The van der Waals surface area contributed by atoms with Crippen molar-refractivity contribution in [3.63, 3.8) is 0 Å². The smallest absolute Gasteiger partial charge is 0.252 e. The lowest BCUT2D eigenvalue weighted by Gasteiger charge is -2.24. The van der Waals surface area contributed by atoms with E-state index >= 15 is 0 Å². The summed E-state index contributed by atoms with van der Waals surface area (Å²) in [5, 5.41) is 7.53. The summed E-state index contributed by atoms with van der Waals surface area (Å²) >= 11 is 13.6. The molecule has 0 fully saturated rings. The van der Waals surface area contributed by atoms with Gasteiger partial charge in [0.15, 0.2) is 0 Å². The third-order valence-electron chi connectivity index (χ3n) is 4.38. The van der Waals surface area contributed by atoms with Gasteiger partial charge in [0.1, 0.15) is 0 Å². The van der Waals surface area contributed by atoms with Crippen LogP contribution in [0.15, 0.2) is 35.0 Å². The van der Waals surface area contributed by atoms with Crippen LogP contribution >= 0.6 is 34.5 Å². The molecule has 158 valence electrons. The zero-order chi connectivity index (χ0) is 21.2. The molecule has 1 heterocycles. The SMILES string of the molecule is CN(C)CCCN(Cc1ccc(Cl)c(Cl)c1)C(=O)CCCNC(=O)c1ccsc1. The molecular weight excluding hydrogens is 429 g/mol. The molecule has 2 amide bonds. The fraction of sp³-hybridized carbons (Fsp3) is 0.429. The van der Waals surface area contributed by atoms with Crippen LogP contribution in [0.3, 0.4) is 0 Å². The highest BCUT2D eigenvalue weighted by atomic mass is 35.5. The van der Waals surface area contributed by atoms with Gasteiger partial charge in [0.2, 0.25) is 5.91 Å². The van der Waals surface area contributed by atoms with Crippen molar-refractivity contribution < 1.29 is 9.59 Å². The Balaban J connectivity index is 1.87. The molecule has 0 aliphatic carbocycles. The van der Waals surface area contributed by atoms with Crippen molar-refractivity contribution in [3.8, 4) is 0 Å². The zero-order valence-electron chi connectivity index (χ0n) is 16.8. The largest absolute Gasteiger partial charge is 0.352 e. The van der Waals surface area contributed by atoms with Crippen LogP contribution < -0.4 is 5.32 Å². The molecule has 1 N–H and O–H groups in total. The number of amides is 2. The third kappa shape index (κ3) is 8.34. The van der Waals surface area contributed by atoms with E-state index in [2.05, 4.69) is 10.2 Å². The molecule has 5 nitrogen and oxygen atoms in total. The van der Waals surface area contributed by atoms with E-state index < -0.39 is 0 Å². The van der Waals surface area contributed by atoms with Crippen LogP contribution in [0.4, 0.5) is 0 Å². The van der Waals surface area contributed by atoms with Crippen LogP contribution in [0.1, 0.15) is 35.2 Å². The minimum atomic E-state index is -0.0997. The topological polar surface area (TPSA) is 52.6 Å². The maximum atomic E-state index is 12.8. The molecule has 0 radical (unpaired) electrons. The first-order valence-electron chi connectivity index (χ1n) is 9.53. The van der Waals surface area contributed by atoms with Gasteiger partial charge in [-0.15, -0.1) is 0 Å². The lowest BCUT2D eigenvalue weighted by Crippen LogP contribution is -2.33. The summed E-state index contributed by atoms with van der Waals surface area (Å²) in [6, 6.07) is 7.23. The molecule has 0 atom stereocenters. The van der Waals surface area contributed by atoms with Crippen molar-refractivity contribution in [3.05, 3.63) is 56.2 Å². The van der Waals surface area contributed by atoms with Gasteiger partial charge in [-0.2, -0.15) is 11.3 Å². The summed E-state index contributed by atoms with van der Waals surface area (Å²) < 4.78 is 0. The number of rotatable bonds is 11. The minimum absolute atomic E-state index is 0.0691. The Hall–Kier alpha value is -1.60. The number of carbonyl (C=O) groups is 2. The van der Waals surface area contributed by atoms with Gasteiger partial charge in [-0.3, -0.25) is 9.59 Å². The van der Waals surface area contributed by atoms with Crippen molar-refractivity contribution >= 4 is 46.4 Å². The van der Waals surface area contributed by atoms with Gasteiger partial charge < -0.3 is 15.1 Å². The van der Waals surface area contributed by atoms with E-state index in [-0.39, 0.29) is 11.8 Å². The van der Waals surface area contributed by atoms with E-state index in [9.17, 15) is 9.59 Å². The van der Waals surface area contributed by atoms with Crippen LogP contribution in [-0.2, 0) is 11.3 Å². The number of nitrogens with one attached hydrogen (secondary N) is 1. The molecule has 0 unspecified atom stereocenters. The Morgan fingerprint density at radius 2 is 1.86 bits per heavy atom. The summed E-state index contributed by atoms with van der Waals surface area (Å²) in [4.78, 5) is 28.7. The van der Waals surface area contributed by atoms with Crippen molar-refractivity contribution in [1.82, 2.24) is 15.1 Å². The number of hydrogen-bond donors (Lipinski definition) is 1. The molecule has 0 saturated carbocycles. The van der Waals surface area contributed by atoms with Crippen molar-refractivity contribution in [2.45, 2.75) is 25.8 Å². The van der Waals surface area contributed by atoms with Crippen LogP contribution in [0.2, 0.25) is 10.0 Å². The Morgan fingerprint density at radius 1 is 1.07 bits per heavy atom. The standard InChI is InChI=1S/C21H27Cl2N3O2S/c1-25(2)10-4-11-26(14-16-6-7-18(22)19(23)13-16)20(27)5-3-9-24-21(28)17-8-12-29-15-17/h6-8,12-13,15H,3-5,9-11,14H2,1-2H3,(H,24,28). The molecule has 2 aromatic rings. The number of halogens is 2. The monoisotopic (exact) mass is 455 g/mol. The van der Waals surface area contributed by atoms with E-state index in [1.807, 2.05) is 35.8 Å². The van der Waals surface area contributed by atoms with E-state index in [1.54, 1.807) is 18.2 Å². The fourth-order valence-corrected chi connectivity index (χ4v) is 3.78. The molecule has 2 rings (SSSR count). The second-order valence-corrected chi connectivity index (χ2v) is 8.69. The molecule has 0 bridgehead atoms. The predicted molar refractivity (Wildman–Crippen MR) is 121 cm³/mol. The summed E-state index contributed by atoms with van der Waals surface area (Å²) in [6.07, 6.45) is 1.86. The van der Waals surface area contributed by atoms with Gasteiger partial charge >= 0.3 is 0 Å². The lowest BCUT2D eigenvalue weighted by atomic mass is 10.2. The van der Waals surface area contributed by atoms with Gasteiger partial charge in [0, 0.05) is 37.0 Å². The first-order valence-corrected chi connectivity index (χ1v) is 11.2. The quantitative estimate of drug-likeness (QED) is 0.505.